The number of carbonyl (C=O) groups excluding carboxylic acids is 1. The van der Waals surface area contributed by atoms with E-state index in [0.29, 0.717) is 18.9 Å². The molecule has 0 saturated heterocycles. The van der Waals surface area contributed by atoms with Gasteiger partial charge in [-0.3, -0.25) is 9.59 Å². The van der Waals surface area contributed by atoms with Gasteiger partial charge in [0.1, 0.15) is 0 Å². The lowest BCUT2D eigenvalue weighted by atomic mass is 9.86. The van der Waals surface area contributed by atoms with Gasteiger partial charge in [0, 0.05) is 19.4 Å². The Kier molecular flexibility index (Phi) is 4.25. The third-order valence-electron chi connectivity index (χ3n) is 4.50. The average molecular weight is 253 g/mol. The fourth-order valence-corrected chi connectivity index (χ4v) is 3.60. The van der Waals surface area contributed by atoms with Crippen molar-refractivity contribution in [1.29, 1.82) is 0 Å². The molecule has 4 heteroatoms. The van der Waals surface area contributed by atoms with Crippen molar-refractivity contribution in [3.8, 4) is 0 Å². The molecule has 4 atom stereocenters. The molecular formula is C14H23NO3. The van der Waals surface area contributed by atoms with E-state index in [1.165, 1.54) is 25.7 Å². The Hall–Kier alpha value is -1.06. The van der Waals surface area contributed by atoms with E-state index in [2.05, 4.69) is 5.32 Å². The van der Waals surface area contributed by atoms with Crippen LogP contribution < -0.4 is 5.32 Å². The molecule has 18 heavy (non-hydrogen) atoms. The molecule has 2 saturated carbocycles. The minimum atomic E-state index is -0.801. The Morgan fingerprint density at radius 2 is 2.11 bits per heavy atom. The van der Waals surface area contributed by atoms with Gasteiger partial charge in [-0.2, -0.15) is 0 Å². The van der Waals surface area contributed by atoms with Crippen molar-refractivity contribution in [3.63, 3.8) is 0 Å². The summed E-state index contributed by atoms with van der Waals surface area (Å²) in [6.45, 7) is 2.33. The molecule has 1 amide bonds. The molecule has 0 radical (unpaired) electrons. The predicted molar refractivity (Wildman–Crippen MR) is 68.0 cm³/mol. The largest absolute Gasteiger partial charge is 0.481 e. The summed E-state index contributed by atoms with van der Waals surface area (Å²) in [7, 11) is 0. The minimum Gasteiger partial charge on any atom is -0.481 e. The Balaban J connectivity index is 1.65. The first-order valence-corrected chi connectivity index (χ1v) is 7.03. The topological polar surface area (TPSA) is 66.4 Å². The van der Waals surface area contributed by atoms with Gasteiger partial charge < -0.3 is 10.4 Å². The lowest BCUT2D eigenvalue weighted by Crippen LogP contribution is -2.31. The average Bonchev–Trinajstić information content (AvgIpc) is 2.87. The summed E-state index contributed by atoms with van der Waals surface area (Å²) in [6, 6.07) is 0. The number of amides is 1. The Morgan fingerprint density at radius 1 is 1.33 bits per heavy atom. The van der Waals surface area contributed by atoms with Crippen LogP contribution in [0.2, 0.25) is 0 Å². The van der Waals surface area contributed by atoms with Crippen LogP contribution in [0.3, 0.4) is 0 Å². The number of hydrogen-bond acceptors (Lipinski definition) is 2. The molecule has 4 unspecified atom stereocenters. The van der Waals surface area contributed by atoms with E-state index in [4.69, 9.17) is 5.11 Å². The summed E-state index contributed by atoms with van der Waals surface area (Å²) in [5, 5.41) is 11.5. The zero-order valence-electron chi connectivity index (χ0n) is 11.0. The molecule has 102 valence electrons. The molecule has 2 rings (SSSR count). The summed E-state index contributed by atoms with van der Waals surface area (Å²) in [5.41, 5.74) is 0. The highest BCUT2D eigenvalue weighted by Gasteiger charge is 2.39. The summed E-state index contributed by atoms with van der Waals surface area (Å²) in [6.07, 6.45) is 5.97. The third kappa shape index (κ3) is 3.47. The van der Waals surface area contributed by atoms with E-state index in [9.17, 15) is 9.59 Å². The van der Waals surface area contributed by atoms with Crippen LogP contribution in [-0.4, -0.2) is 23.5 Å². The van der Waals surface area contributed by atoms with Crippen molar-refractivity contribution >= 4 is 11.9 Å². The van der Waals surface area contributed by atoms with Gasteiger partial charge in [-0.25, -0.2) is 0 Å². The summed E-state index contributed by atoms with van der Waals surface area (Å²) in [5.74, 6) is 1.54. The molecule has 2 N–H and O–H groups in total. The normalized spacial score (nSPS) is 31.3. The van der Waals surface area contributed by atoms with Crippen LogP contribution in [0.15, 0.2) is 0 Å². The SMILES string of the molecule is CC(CNC(=O)CC1CC2CCC1C2)CC(=O)O. The van der Waals surface area contributed by atoms with E-state index >= 15 is 0 Å². The van der Waals surface area contributed by atoms with Crippen molar-refractivity contribution in [2.45, 2.75) is 45.4 Å². The van der Waals surface area contributed by atoms with Crippen molar-refractivity contribution < 1.29 is 14.7 Å². The number of aliphatic carboxylic acids is 1. The summed E-state index contributed by atoms with van der Waals surface area (Å²) in [4.78, 5) is 22.3. The molecule has 0 aliphatic heterocycles. The van der Waals surface area contributed by atoms with Crippen LogP contribution in [0.25, 0.3) is 0 Å². The Morgan fingerprint density at radius 3 is 2.67 bits per heavy atom. The Bertz CT molecular complexity index is 329. The van der Waals surface area contributed by atoms with Gasteiger partial charge in [0.15, 0.2) is 0 Å². The van der Waals surface area contributed by atoms with E-state index in [1.54, 1.807) is 0 Å². The van der Waals surface area contributed by atoms with Crippen molar-refractivity contribution in [1.82, 2.24) is 5.32 Å². The second-order valence-electron chi connectivity index (χ2n) is 6.15. The first-order chi connectivity index (χ1) is 8.54. The fourth-order valence-electron chi connectivity index (χ4n) is 3.60. The fraction of sp³-hybridized carbons (Fsp3) is 0.857. The van der Waals surface area contributed by atoms with E-state index in [1.807, 2.05) is 6.92 Å². The monoisotopic (exact) mass is 253 g/mol. The number of fused-ring (bicyclic) bond motifs is 2. The number of carboxylic acids is 1. The first kappa shape index (κ1) is 13.4. The maximum Gasteiger partial charge on any atom is 0.303 e. The van der Waals surface area contributed by atoms with Crippen LogP contribution >= 0.6 is 0 Å². The zero-order valence-corrected chi connectivity index (χ0v) is 11.0. The Labute approximate surface area is 108 Å². The number of nitrogens with one attached hydrogen (secondary N) is 1. The molecule has 2 bridgehead atoms. The van der Waals surface area contributed by atoms with Crippen molar-refractivity contribution in [3.05, 3.63) is 0 Å². The zero-order chi connectivity index (χ0) is 13.1. The quantitative estimate of drug-likeness (QED) is 0.761. The first-order valence-electron chi connectivity index (χ1n) is 7.03. The van der Waals surface area contributed by atoms with Crippen LogP contribution in [-0.2, 0) is 9.59 Å². The molecule has 0 aromatic carbocycles. The second kappa shape index (κ2) is 5.72. The number of carboxylic acid groups (broad SMARTS) is 1. The highest BCUT2D eigenvalue weighted by molar-refractivity contribution is 5.76. The van der Waals surface area contributed by atoms with E-state index in [-0.39, 0.29) is 18.2 Å². The van der Waals surface area contributed by atoms with Gasteiger partial charge >= 0.3 is 5.97 Å². The van der Waals surface area contributed by atoms with Crippen LogP contribution in [0, 0.1) is 23.7 Å². The van der Waals surface area contributed by atoms with Gasteiger partial charge in [0.2, 0.25) is 5.91 Å². The predicted octanol–water partition coefficient (Wildman–Crippen LogP) is 2.04. The number of carbonyl (C=O) groups is 2. The highest BCUT2D eigenvalue weighted by atomic mass is 16.4. The van der Waals surface area contributed by atoms with Gasteiger partial charge in [0.05, 0.1) is 0 Å². The number of hydrogen-bond donors (Lipinski definition) is 2. The number of rotatable bonds is 6. The molecule has 0 aromatic heterocycles. The van der Waals surface area contributed by atoms with Crippen LogP contribution in [0.1, 0.15) is 45.4 Å². The lowest BCUT2D eigenvalue weighted by Gasteiger charge is -2.21. The lowest BCUT2D eigenvalue weighted by molar-refractivity contribution is -0.138. The summed E-state index contributed by atoms with van der Waals surface area (Å²) >= 11 is 0. The molecular weight excluding hydrogens is 230 g/mol. The van der Waals surface area contributed by atoms with Gasteiger partial charge in [-0.1, -0.05) is 13.3 Å². The standard InChI is InChI=1S/C14H23NO3/c1-9(4-14(17)18)8-15-13(16)7-12-6-10-2-3-11(12)5-10/h9-12H,2-8H2,1H3,(H,15,16)(H,17,18). The van der Waals surface area contributed by atoms with Gasteiger partial charge in [0.25, 0.3) is 0 Å². The minimum absolute atomic E-state index is 0.00600. The maximum atomic E-state index is 11.8. The molecule has 2 aliphatic rings. The smallest absolute Gasteiger partial charge is 0.303 e. The third-order valence-corrected chi connectivity index (χ3v) is 4.50. The maximum absolute atomic E-state index is 11.8. The van der Waals surface area contributed by atoms with E-state index in [0.717, 1.165) is 11.8 Å². The molecule has 0 heterocycles. The highest BCUT2D eigenvalue weighted by Crippen LogP contribution is 2.49. The van der Waals surface area contributed by atoms with Gasteiger partial charge in [-0.05, 0) is 42.9 Å². The molecule has 2 fully saturated rings. The van der Waals surface area contributed by atoms with E-state index < -0.39 is 5.97 Å². The second-order valence-corrected chi connectivity index (χ2v) is 6.15. The molecule has 0 aromatic rings. The summed E-state index contributed by atoms with van der Waals surface area (Å²) < 4.78 is 0. The van der Waals surface area contributed by atoms with Crippen molar-refractivity contribution in [2.75, 3.05) is 6.54 Å². The van der Waals surface area contributed by atoms with Crippen LogP contribution in [0.4, 0.5) is 0 Å². The molecule has 4 nitrogen and oxygen atoms in total. The van der Waals surface area contributed by atoms with Gasteiger partial charge in [-0.15, -0.1) is 0 Å². The van der Waals surface area contributed by atoms with Crippen LogP contribution in [0.5, 0.6) is 0 Å². The van der Waals surface area contributed by atoms with Crippen molar-refractivity contribution in [2.24, 2.45) is 23.7 Å². The molecule has 2 aliphatic carbocycles. The molecule has 0 spiro atoms.